The molecule has 1 aromatic rings. The van der Waals surface area contributed by atoms with Crippen LogP contribution in [0.3, 0.4) is 0 Å². The number of morpholine rings is 1. The lowest BCUT2D eigenvalue weighted by atomic mass is 10.0. The number of hydrogen-bond acceptors (Lipinski definition) is 6. The van der Waals surface area contributed by atoms with Gasteiger partial charge in [-0.25, -0.2) is 13.2 Å². The maximum Gasteiger partial charge on any atom is 0.338 e. The third-order valence-electron chi connectivity index (χ3n) is 5.37. The van der Waals surface area contributed by atoms with Gasteiger partial charge in [-0.05, 0) is 43.4 Å². The van der Waals surface area contributed by atoms with E-state index in [-0.39, 0.29) is 36.1 Å². The summed E-state index contributed by atoms with van der Waals surface area (Å²) in [4.78, 5) is 26.6. The number of hydrogen-bond donors (Lipinski definition) is 0. The van der Waals surface area contributed by atoms with Gasteiger partial charge < -0.3 is 14.4 Å². The molecule has 8 nitrogen and oxygen atoms in total. The number of amides is 1. The Morgan fingerprint density at radius 3 is 2.62 bits per heavy atom. The summed E-state index contributed by atoms with van der Waals surface area (Å²) in [5.74, 6) is -0.479. The predicted molar refractivity (Wildman–Crippen MR) is 106 cm³/mol. The van der Waals surface area contributed by atoms with Crippen LogP contribution in [-0.2, 0) is 24.3 Å². The molecule has 1 amide bonds. The quantitative estimate of drug-likeness (QED) is 0.664. The summed E-state index contributed by atoms with van der Waals surface area (Å²) in [7, 11) is -3.72. The third-order valence-corrected chi connectivity index (χ3v) is 7.27. The summed E-state index contributed by atoms with van der Waals surface area (Å²) in [6, 6.07) is 4.39. The van der Waals surface area contributed by atoms with Gasteiger partial charge in [0.2, 0.25) is 10.0 Å². The molecule has 0 unspecified atom stereocenters. The van der Waals surface area contributed by atoms with Crippen molar-refractivity contribution in [2.24, 2.45) is 5.92 Å². The number of esters is 1. The molecule has 3 rings (SSSR count). The van der Waals surface area contributed by atoms with Crippen LogP contribution in [0.15, 0.2) is 23.1 Å². The van der Waals surface area contributed by atoms with Gasteiger partial charge in [0.05, 0.1) is 23.7 Å². The SMILES string of the molecule is Cc1ccc(S(=O)(=O)N2CCOCC2)cc1C(=O)OCC(=O)N1CCC[C@H](C)C1. The number of carbonyl (C=O) groups is 2. The Morgan fingerprint density at radius 2 is 1.93 bits per heavy atom. The Balaban J connectivity index is 1.69. The number of piperidine rings is 1. The molecule has 0 radical (unpaired) electrons. The number of nitrogens with zero attached hydrogens (tertiary/aromatic N) is 2. The molecular weight excluding hydrogens is 396 g/mol. The van der Waals surface area contributed by atoms with Crippen molar-refractivity contribution in [2.45, 2.75) is 31.6 Å². The molecule has 0 aliphatic carbocycles. The average Bonchev–Trinajstić information content (AvgIpc) is 2.72. The topological polar surface area (TPSA) is 93.2 Å². The number of aryl methyl sites for hydroxylation is 1. The molecule has 0 bridgehead atoms. The van der Waals surface area contributed by atoms with Gasteiger partial charge in [-0.1, -0.05) is 13.0 Å². The number of ether oxygens (including phenoxy) is 2. The van der Waals surface area contributed by atoms with Crippen LogP contribution in [0.5, 0.6) is 0 Å². The average molecular weight is 425 g/mol. The lowest BCUT2D eigenvalue weighted by Crippen LogP contribution is -2.41. The number of carbonyl (C=O) groups excluding carboxylic acids is 2. The summed E-state index contributed by atoms with van der Waals surface area (Å²) in [5.41, 5.74) is 0.745. The smallest absolute Gasteiger partial charge is 0.338 e. The summed E-state index contributed by atoms with van der Waals surface area (Å²) in [5, 5.41) is 0. The Morgan fingerprint density at radius 1 is 1.21 bits per heavy atom. The fourth-order valence-corrected chi connectivity index (χ4v) is 5.06. The zero-order valence-electron chi connectivity index (χ0n) is 16.9. The Kier molecular flexibility index (Phi) is 6.92. The lowest BCUT2D eigenvalue weighted by molar-refractivity contribution is -0.136. The van der Waals surface area contributed by atoms with Crippen LogP contribution in [0.4, 0.5) is 0 Å². The molecule has 29 heavy (non-hydrogen) atoms. The van der Waals surface area contributed by atoms with E-state index in [2.05, 4.69) is 6.92 Å². The van der Waals surface area contributed by atoms with Crippen LogP contribution in [0.1, 0.15) is 35.7 Å². The van der Waals surface area contributed by atoms with Gasteiger partial charge in [-0.15, -0.1) is 0 Å². The van der Waals surface area contributed by atoms with Crippen LogP contribution in [0, 0.1) is 12.8 Å². The van der Waals surface area contributed by atoms with Crippen molar-refractivity contribution >= 4 is 21.9 Å². The van der Waals surface area contributed by atoms with Gasteiger partial charge in [0.15, 0.2) is 6.61 Å². The first-order valence-electron chi connectivity index (χ1n) is 9.92. The molecule has 1 atom stereocenters. The van der Waals surface area contributed by atoms with Gasteiger partial charge in [-0.2, -0.15) is 4.31 Å². The molecule has 2 heterocycles. The van der Waals surface area contributed by atoms with E-state index < -0.39 is 16.0 Å². The molecule has 1 aromatic carbocycles. The van der Waals surface area contributed by atoms with Crippen molar-refractivity contribution < 1.29 is 27.5 Å². The number of benzene rings is 1. The normalized spacial score (nSPS) is 21.0. The molecule has 9 heteroatoms. The first-order valence-corrected chi connectivity index (χ1v) is 11.4. The summed E-state index contributed by atoms with van der Waals surface area (Å²) < 4.78 is 37.4. The van der Waals surface area contributed by atoms with E-state index in [0.717, 1.165) is 12.8 Å². The minimum absolute atomic E-state index is 0.0353. The maximum atomic E-state index is 12.8. The van der Waals surface area contributed by atoms with E-state index in [1.54, 1.807) is 17.9 Å². The van der Waals surface area contributed by atoms with Crippen LogP contribution in [-0.4, -0.2) is 75.5 Å². The number of likely N-dealkylation sites (tertiary alicyclic amines) is 1. The van der Waals surface area contributed by atoms with Crippen molar-refractivity contribution in [1.82, 2.24) is 9.21 Å². The van der Waals surface area contributed by atoms with Gasteiger partial charge >= 0.3 is 5.97 Å². The summed E-state index contributed by atoms with van der Waals surface area (Å²) in [6.07, 6.45) is 2.04. The molecule has 0 aromatic heterocycles. The summed E-state index contributed by atoms with van der Waals surface area (Å²) in [6.45, 7) is 6.04. The van der Waals surface area contributed by atoms with E-state index in [9.17, 15) is 18.0 Å². The molecular formula is C20H28N2O6S. The van der Waals surface area contributed by atoms with Crippen LogP contribution in [0.25, 0.3) is 0 Å². The van der Waals surface area contributed by atoms with Crippen molar-refractivity contribution in [1.29, 1.82) is 0 Å². The van der Waals surface area contributed by atoms with Crippen molar-refractivity contribution in [3.05, 3.63) is 29.3 Å². The Hall–Kier alpha value is -1.97. The highest BCUT2D eigenvalue weighted by atomic mass is 32.2. The zero-order chi connectivity index (χ0) is 21.0. The monoisotopic (exact) mass is 424 g/mol. The van der Waals surface area contributed by atoms with E-state index in [1.165, 1.54) is 16.4 Å². The second kappa shape index (κ2) is 9.23. The highest BCUT2D eigenvalue weighted by Crippen LogP contribution is 2.21. The molecule has 2 aliphatic rings. The lowest BCUT2D eigenvalue weighted by Gasteiger charge is -2.30. The van der Waals surface area contributed by atoms with E-state index >= 15 is 0 Å². The predicted octanol–water partition coefficient (Wildman–Crippen LogP) is 1.43. The highest BCUT2D eigenvalue weighted by molar-refractivity contribution is 7.89. The number of sulfonamides is 1. The van der Waals surface area contributed by atoms with E-state index in [1.807, 2.05) is 0 Å². The second-order valence-corrected chi connectivity index (χ2v) is 9.59. The standard InChI is InChI=1S/C20H28N2O6S/c1-15-4-3-7-21(13-15)19(23)14-28-20(24)18-12-17(6-5-16(18)2)29(25,26)22-8-10-27-11-9-22/h5-6,12,15H,3-4,7-11,13-14H2,1-2H3/t15-/m0/s1. The minimum Gasteiger partial charge on any atom is -0.452 e. The van der Waals surface area contributed by atoms with Crippen LogP contribution < -0.4 is 0 Å². The minimum atomic E-state index is -3.72. The largest absolute Gasteiger partial charge is 0.452 e. The maximum absolute atomic E-state index is 12.8. The van der Waals surface area contributed by atoms with Gasteiger partial charge in [-0.3, -0.25) is 4.79 Å². The number of rotatable bonds is 5. The van der Waals surface area contributed by atoms with Crippen molar-refractivity contribution in [3.63, 3.8) is 0 Å². The highest BCUT2D eigenvalue weighted by Gasteiger charge is 2.28. The fourth-order valence-electron chi connectivity index (χ4n) is 3.63. The molecule has 0 spiro atoms. The molecule has 0 N–H and O–H groups in total. The van der Waals surface area contributed by atoms with E-state index in [0.29, 0.717) is 37.8 Å². The Labute approximate surface area is 171 Å². The first-order chi connectivity index (χ1) is 13.8. The Bertz CT molecular complexity index is 864. The van der Waals surface area contributed by atoms with Gasteiger partial charge in [0.25, 0.3) is 5.91 Å². The first kappa shape index (κ1) is 21.7. The van der Waals surface area contributed by atoms with Crippen molar-refractivity contribution in [3.8, 4) is 0 Å². The van der Waals surface area contributed by atoms with Crippen LogP contribution >= 0.6 is 0 Å². The third kappa shape index (κ3) is 5.15. The summed E-state index contributed by atoms with van der Waals surface area (Å²) >= 11 is 0. The molecule has 0 saturated carbocycles. The zero-order valence-corrected chi connectivity index (χ0v) is 17.7. The molecule has 160 valence electrons. The van der Waals surface area contributed by atoms with E-state index in [4.69, 9.17) is 9.47 Å². The molecule has 2 aliphatic heterocycles. The van der Waals surface area contributed by atoms with Gasteiger partial charge in [0, 0.05) is 26.2 Å². The molecule has 2 fully saturated rings. The van der Waals surface area contributed by atoms with Gasteiger partial charge in [0.1, 0.15) is 0 Å². The molecule has 2 saturated heterocycles. The van der Waals surface area contributed by atoms with Crippen LogP contribution in [0.2, 0.25) is 0 Å². The second-order valence-electron chi connectivity index (χ2n) is 7.66. The van der Waals surface area contributed by atoms with Crippen molar-refractivity contribution in [2.75, 3.05) is 46.0 Å². The fraction of sp³-hybridized carbons (Fsp3) is 0.600.